The number of aliphatic carboxylic acids is 1. The molecule has 1 aliphatic carbocycles. The lowest BCUT2D eigenvalue weighted by molar-refractivity contribution is -0.137. The molecule has 1 aromatic heterocycles. The summed E-state index contributed by atoms with van der Waals surface area (Å²) in [6.45, 7) is -0.0603. The highest BCUT2D eigenvalue weighted by atomic mass is 35.5. The minimum atomic E-state index is -1.25. The molecular weight excluding hydrogens is 569 g/mol. The Balaban J connectivity index is 1.29. The number of halogens is 2. The first-order chi connectivity index (χ1) is 20.2. The summed E-state index contributed by atoms with van der Waals surface area (Å²) in [6, 6.07) is 15.3. The predicted molar refractivity (Wildman–Crippen MR) is 153 cm³/mol. The van der Waals surface area contributed by atoms with Gasteiger partial charge in [-0.1, -0.05) is 17.7 Å². The number of nitrogens with zero attached hydrogens (tertiary/aromatic N) is 1. The van der Waals surface area contributed by atoms with E-state index in [0.717, 1.165) is 6.07 Å². The molecule has 1 aliphatic rings. The maximum atomic E-state index is 15.1. The Kier molecular flexibility index (Phi) is 8.12. The van der Waals surface area contributed by atoms with Crippen LogP contribution in [0.15, 0.2) is 66.9 Å². The number of hydrogen-bond acceptors (Lipinski definition) is 7. The first kappa shape index (κ1) is 28.6. The van der Waals surface area contributed by atoms with Gasteiger partial charge in [0.25, 0.3) is 0 Å². The van der Waals surface area contributed by atoms with E-state index in [2.05, 4.69) is 15.6 Å². The van der Waals surface area contributed by atoms with Gasteiger partial charge in [-0.2, -0.15) is 0 Å². The quantitative estimate of drug-likeness (QED) is 0.179. The van der Waals surface area contributed by atoms with E-state index in [-0.39, 0.29) is 30.2 Å². The zero-order valence-corrected chi connectivity index (χ0v) is 23.0. The fourth-order valence-corrected chi connectivity index (χ4v) is 4.46. The molecule has 0 aliphatic heterocycles. The Labute approximate surface area is 244 Å². The van der Waals surface area contributed by atoms with Crippen LogP contribution in [0.2, 0.25) is 5.02 Å². The fraction of sp³-hybridized carbons (Fsp3) is 0.200. The van der Waals surface area contributed by atoms with E-state index < -0.39 is 29.0 Å². The normalized spacial score (nSPS) is 13.2. The molecule has 1 saturated carbocycles. The molecule has 0 bridgehead atoms. The van der Waals surface area contributed by atoms with Crippen molar-refractivity contribution in [2.45, 2.75) is 19.3 Å². The van der Waals surface area contributed by atoms with Crippen LogP contribution in [0, 0.1) is 11.2 Å². The second kappa shape index (κ2) is 11.9. The number of amides is 2. The van der Waals surface area contributed by atoms with E-state index in [9.17, 15) is 14.4 Å². The van der Waals surface area contributed by atoms with Gasteiger partial charge in [0.15, 0.2) is 23.1 Å². The average molecular weight is 594 g/mol. The second-order valence-electron chi connectivity index (χ2n) is 9.57. The van der Waals surface area contributed by atoms with Crippen molar-refractivity contribution in [1.29, 1.82) is 0 Å². The van der Waals surface area contributed by atoms with E-state index in [1.165, 1.54) is 25.4 Å². The number of carbonyl (C=O) groups is 3. The minimum absolute atomic E-state index is 0.0603. The van der Waals surface area contributed by atoms with Gasteiger partial charge in [0, 0.05) is 40.1 Å². The summed E-state index contributed by atoms with van der Waals surface area (Å²) in [7, 11) is 1.43. The van der Waals surface area contributed by atoms with Crippen molar-refractivity contribution in [2.75, 3.05) is 24.4 Å². The number of carboxylic acids is 1. The largest absolute Gasteiger partial charge is 0.493 e. The van der Waals surface area contributed by atoms with Gasteiger partial charge in [-0.15, -0.1) is 0 Å². The van der Waals surface area contributed by atoms with E-state index in [1.54, 1.807) is 42.5 Å². The number of benzene rings is 3. The van der Waals surface area contributed by atoms with Gasteiger partial charge in [0.1, 0.15) is 11.2 Å². The third-order valence-electron chi connectivity index (χ3n) is 6.67. The van der Waals surface area contributed by atoms with Gasteiger partial charge in [0.2, 0.25) is 11.8 Å². The van der Waals surface area contributed by atoms with Crippen molar-refractivity contribution in [2.24, 2.45) is 5.41 Å². The lowest BCUT2D eigenvalue weighted by Crippen LogP contribution is -2.35. The number of aromatic nitrogens is 1. The molecule has 0 spiro atoms. The molecule has 2 amide bonds. The molecule has 3 N–H and O–H groups in total. The summed E-state index contributed by atoms with van der Waals surface area (Å²) in [6.07, 6.45) is 2.01. The smallest absolute Gasteiger partial charge is 0.306 e. The van der Waals surface area contributed by atoms with Crippen LogP contribution < -0.4 is 24.8 Å². The van der Waals surface area contributed by atoms with E-state index in [0.29, 0.717) is 46.0 Å². The highest BCUT2D eigenvalue weighted by molar-refractivity contribution is 6.31. The highest BCUT2D eigenvalue weighted by Gasteiger charge is 2.56. The summed E-state index contributed by atoms with van der Waals surface area (Å²) in [4.78, 5) is 41.0. The van der Waals surface area contributed by atoms with Crippen LogP contribution in [0.3, 0.4) is 0 Å². The lowest BCUT2D eigenvalue weighted by Gasteiger charge is -2.16. The van der Waals surface area contributed by atoms with Crippen LogP contribution in [0.4, 0.5) is 15.8 Å². The van der Waals surface area contributed by atoms with Crippen molar-refractivity contribution < 1.29 is 38.1 Å². The molecule has 216 valence electrons. The average Bonchev–Trinajstić information content (AvgIpc) is 3.77. The van der Waals surface area contributed by atoms with Gasteiger partial charge >= 0.3 is 5.97 Å². The topological polar surface area (TPSA) is 136 Å². The number of carboxylic acid groups (broad SMARTS) is 1. The number of rotatable bonds is 11. The zero-order valence-electron chi connectivity index (χ0n) is 22.3. The standard InChI is InChI=1S/C30H25ClFN3O7/c1-40-25-15-20-22(16-26(25)41-12-8-27(36)37)33-11-7-23(20)42-24-6-5-19(14-21(24)32)35-29(39)30(9-10-30)28(38)34-18-4-2-3-17(31)13-18/h2-7,11,13-16H,8-10,12H2,1H3,(H,34,38)(H,35,39)(H,36,37). The Morgan fingerprint density at radius 1 is 0.952 bits per heavy atom. The Hall–Kier alpha value is -4.90. The Morgan fingerprint density at radius 3 is 2.33 bits per heavy atom. The number of hydrogen-bond donors (Lipinski definition) is 3. The number of nitrogens with one attached hydrogen (secondary N) is 2. The summed E-state index contributed by atoms with van der Waals surface area (Å²) in [5, 5.41) is 15.2. The SMILES string of the molecule is COc1cc2c(Oc3ccc(NC(=O)C4(C(=O)Nc5cccc(Cl)c5)CC4)cc3F)ccnc2cc1OCCC(=O)O. The third kappa shape index (κ3) is 6.21. The van der Waals surface area contributed by atoms with Crippen LogP contribution in [-0.4, -0.2) is 41.6 Å². The Bertz CT molecular complexity index is 1690. The predicted octanol–water partition coefficient (Wildman–Crippen LogP) is 6.04. The number of ether oxygens (including phenoxy) is 3. The molecule has 10 nitrogen and oxygen atoms in total. The van der Waals surface area contributed by atoms with Gasteiger partial charge in [-0.25, -0.2) is 4.39 Å². The first-order valence-electron chi connectivity index (χ1n) is 12.9. The van der Waals surface area contributed by atoms with Crippen molar-refractivity contribution in [1.82, 2.24) is 4.98 Å². The van der Waals surface area contributed by atoms with Crippen molar-refractivity contribution in [3.05, 3.63) is 77.7 Å². The van der Waals surface area contributed by atoms with Gasteiger partial charge in [0.05, 0.1) is 25.7 Å². The van der Waals surface area contributed by atoms with Crippen LogP contribution in [0.5, 0.6) is 23.0 Å². The van der Waals surface area contributed by atoms with Gasteiger partial charge < -0.3 is 30.0 Å². The van der Waals surface area contributed by atoms with Crippen LogP contribution in [0.25, 0.3) is 10.9 Å². The molecule has 0 unspecified atom stereocenters. The van der Waals surface area contributed by atoms with Crippen molar-refractivity contribution in [3.63, 3.8) is 0 Å². The molecule has 1 heterocycles. The lowest BCUT2D eigenvalue weighted by atomic mass is 10.0. The molecule has 5 rings (SSSR count). The molecule has 0 saturated heterocycles. The Morgan fingerprint density at radius 2 is 1.69 bits per heavy atom. The van der Waals surface area contributed by atoms with E-state index in [4.69, 9.17) is 30.9 Å². The van der Waals surface area contributed by atoms with Crippen LogP contribution in [-0.2, 0) is 14.4 Å². The molecule has 0 atom stereocenters. The number of pyridine rings is 1. The first-order valence-corrected chi connectivity index (χ1v) is 13.2. The van der Waals surface area contributed by atoms with Crippen molar-refractivity contribution in [3.8, 4) is 23.0 Å². The van der Waals surface area contributed by atoms with Gasteiger partial charge in [-0.3, -0.25) is 19.4 Å². The molecule has 12 heteroatoms. The monoisotopic (exact) mass is 593 g/mol. The molecular formula is C30H25ClFN3O7. The second-order valence-corrected chi connectivity index (χ2v) is 10.0. The molecule has 1 fully saturated rings. The summed E-state index contributed by atoms with van der Waals surface area (Å²) in [5.74, 6) is -1.95. The number of anilines is 2. The molecule has 42 heavy (non-hydrogen) atoms. The molecule has 3 aromatic carbocycles. The van der Waals surface area contributed by atoms with Crippen LogP contribution in [0.1, 0.15) is 19.3 Å². The third-order valence-corrected chi connectivity index (χ3v) is 6.91. The van der Waals surface area contributed by atoms with Crippen LogP contribution >= 0.6 is 11.6 Å². The molecule has 0 radical (unpaired) electrons. The molecule has 4 aromatic rings. The van der Waals surface area contributed by atoms with E-state index in [1.807, 2.05) is 0 Å². The fourth-order valence-electron chi connectivity index (χ4n) is 4.27. The minimum Gasteiger partial charge on any atom is -0.493 e. The maximum absolute atomic E-state index is 15.1. The van der Waals surface area contributed by atoms with E-state index >= 15 is 4.39 Å². The maximum Gasteiger partial charge on any atom is 0.306 e. The van der Waals surface area contributed by atoms with Gasteiger partial charge in [-0.05, 0) is 55.3 Å². The highest BCUT2D eigenvalue weighted by Crippen LogP contribution is 2.48. The number of methoxy groups -OCH3 is 1. The van der Waals surface area contributed by atoms with Crippen molar-refractivity contribution >= 4 is 51.7 Å². The zero-order chi connectivity index (χ0) is 29.9. The number of carbonyl (C=O) groups excluding carboxylic acids is 2. The summed E-state index contributed by atoms with van der Waals surface area (Å²) >= 11 is 5.97. The summed E-state index contributed by atoms with van der Waals surface area (Å²) in [5.41, 5.74) is -0.161. The number of fused-ring (bicyclic) bond motifs is 1. The summed E-state index contributed by atoms with van der Waals surface area (Å²) < 4.78 is 31.9.